The van der Waals surface area contributed by atoms with Gasteiger partial charge in [0.1, 0.15) is 5.82 Å². The SMILES string of the molecule is Cc1cc(C)nc(Sc2ccnc(N)c2)n1. The molecule has 0 amide bonds. The molecule has 0 spiro atoms. The van der Waals surface area contributed by atoms with Crippen LogP contribution in [-0.2, 0) is 0 Å². The van der Waals surface area contributed by atoms with Crippen molar-refractivity contribution >= 4 is 17.6 Å². The van der Waals surface area contributed by atoms with Crippen molar-refractivity contribution in [1.82, 2.24) is 15.0 Å². The second-order valence-corrected chi connectivity index (χ2v) is 4.49. The fourth-order valence-corrected chi connectivity index (χ4v) is 2.23. The Labute approximate surface area is 98.3 Å². The number of rotatable bonds is 2. The molecule has 0 saturated carbocycles. The van der Waals surface area contributed by atoms with Crippen LogP contribution in [0.5, 0.6) is 0 Å². The van der Waals surface area contributed by atoms with Crippen LogP contribution in [0.3, 0.4) is 0 Å². The third-order valence-corrected chi connectivity index (χ3v) is 2.78. The number of pyridine rings is 1. The van der Waals surface area contributed by atoms with Crippen molar-refractivity contribution in [2.75, 3.05) is 5.73 Å². The number of aryl methyl sites for hydroxylation is 2. The van der Waals surface area contributed by atoms with E-state index in [0.29, 0.717) is 5.82 Å². The number of hydrogen-bond donors (Lipinski definition) is 1. The summed E-state index contributed by atoms with van der Waals surface area (Å²) in [7, 11) is 0. The first kappa shape index (κ1) is 10.9. The monoisotopic (exact) mass is 232 g/mol. The molecule has 0 radical (unpaired) electrons. The number of hydrogen-bond acceptors (Lipinski definition) is 5. The third kappa shape index (κ3) is 2.70. The Balaban J connectivity index is 2.27. The Hall–Kier alpha value is -1.62. The van der Waals surface area contributed by atoms with Crippen LogP contribution >= 0.6 is 11.8 Å². The van der Waals surface area contributed by atoms with Gasteiger partial charge in [-0.2, -0.15) is 0 Å². The fraction of sp³-hybridized carbons (Fsp3) is 0.182. The molecule has 2 N–H and O–H groups in total. The largest absolute Gasteiger partial charge is 0.384 e. The van der Waals surface area contributed by atoms with Crippen LogP contribution in [-0.4, -0.2) is 15.0 Å². The molecule has 0 fully saturated rings. The molecule has 82 valence electrons. The van der Waals surface area contributed by atoms with Crippen LogP contribution in [0, 0.1) is 13.8 Å². The maximum absolute atomic E-state index is 5.61. The van der Waals surface area contributed by atoms with E-state index in [1.165, 1.54) is 11.8 Å². The van der Waals surface area contributed by atoms with E-state index < -0.39 is 0 Å². The lowest BCUT2D eigenvalue weighted by molar-refractivity contribution is 0.902. The summed E-state index contributed by atoms with van der Waals surface area (Å²) >= 11 is 1.49. The highest BCUT2D eigenvalue weighted by atomic mass is 32.2. The van der Waals surface area contributed by atoms with E-state index in [-0.39, 0.29) is 0 Å². The molecule has 16 heavy (non-hydrogen) atoms. The fourth-order valence-electron chi connectivity index (χ4n) is 1.34. The van der Waals surface area contributed by atoms with Gasteiger partial charge in [0.2, 0.25) is 0 Å². The predicted octanol–water partition coefficient (Wildman–Crippen LogP) is 2.22. The highest BCUT2D eigenvalue weighted by Gasteiger charge is 2.03. The Morgan fingerprint density at radius 1 is 1.12 bits per heavy atom. The minimum absolute atomic E-state index is 0.509. The molecule has 0 unspecified atom stereocenters. The van der Waals surface area contributed by atoms with Crippen molar-refractivity contribution in [2.24, 2.45) is 0 Å². The number of aromatic nitrogens is 3. The molecule has 2 aromatic rings. The minimum Gasteiger partial charge on any atom is -0.384 e. The van der Waals surface area contributed by atoms with Crippen molar-refractivity contribution in [1.29, 1.82) is 0 Å². The first-order valence-electron chi connectivity index (χ1n) is 4.85. The van der Waals surface area contributed by atoms with E-state index in [0.717, 1.165) is 21.4 Å². The van der Waals surface area contributed by atoms with Crippen molar-refractivity contribution in [3.05, 3.63) is 35.8 Å². The van der Waals surface area contributed by atoms with Gasteiger partial charge in [-0.05, 0) is 43.8 Å². The van der Waals surface area contributed by atoms with Crippen LogP contribution in [0.2, 0.25) is 0 Å². The molecule has 0 aliphatic carbocycles. The van der Waals surface area contributed by atoms with Gasteiger partial charge in [0.15, 0.2) is 5.16 Å². The molecule has 2 heterocycles. The van der Waals surface area contributed by atoms with E-state index in [1.54, 1.807) is 6.20 Å². The lowest BCUT2D eigenvalue weighted by Crippen LogP contribution is -1.93. The predicted molar refractivity (Wildman–Crippen MR) is 64.3 cm³/mol. The van der Waals surface area contributed by atoms with Gasteiger partial charge in [-0.3, -0.25) is 0 Å². The molecular formula is C11H12N4S. The highest BCUT2D eigenvalue weighted by Crippen LogP contribution is 2.25. The van der Waals surface area contributed by atoms with Crippen LogP contribution in [0.1, 0.15) is 11.4 Å². The van der Waals surface area contributed by atoms with Gasteiger partial charge in [0.05, 0.1) is 0 Å². The van der Waals surface area contributed by atoms with Crippen molar-refractivity contribution in [2.45, 2.75) is 23.9 Å². The number of nitrogens with zero attached hydrogens (tertiary/aromatic N) is 3. The standard InChI is InChI=1S/C11H12N4S/c1-7-5-8(2)15-11(14-7)16-9-3-4-13-10(12)6-9/h3-6H,1-2H3,(H2,12,13). The Kier molecular flexibility index (Phi) is 3.05. The molecule has 0 aliphatic heterocycles. The second-order valence-electron chi connectivity index (χ2n) is 3.45. The zero-order valence-corrected chi connectivity index (χ0v) is 9.95. The molecule has 4 nitrogen and oxygen atoms in total. The summed E-state index contributed by atoms with van der Waals surface area (Å²) < 4.78 is 0. The number of nitrogens with two attached hydrogens (primary N) is 1. The number of anilines is 1. The average Bonchev–Trinajstić information content (AvgIpc) is 2.15. The first-order valence-corrected chi connectivity index (χ1v) is 5.67. The van der Waals surface area contributed by atoms with Gasteiger partial charge in [-0.15, -0.1) is 0 Å². The first-order chi connectivity index (χ1) is 7.63. The topological polar surface area (TPSA) is 64.7 Å². The second kappa shape index (κ2) is 4.49. The molecule has 2 aromatic heterocycles. The Bertz CT molecular complexity index is 493. The van der Waals surface area contributed by atoms with E-state index in [1.807, 2.05) is 32.0 Å². The zero-order valence-electron chi connectivity index (χ0n) is 9.14. The maximum Gasteiger partial charge on any atom is 0.192 e. The van der Waals surface area contributed by atoms with E-state index in [2.05, 4.69) is 15.0 Å². The van der Waals surface area contributed by atoms with Crippen LogP contribution < -0.4 is 5.73 Å². The number of nitrogen functional groups attached to an aromatic ring is 1. The lowest BCUT2D eigenvalue weighted by Gasteiger charge is -2.03. The van der Waals surface area contributed by atoms with Crippen LogP contribution in [0.15, 0.2) is 34.4 Å². The van der Waals surface area contributed by atoms with Crippen molar-refractivity contribution < 1.29 is 0 Å². The molecule has 2 rings (SSSR count). The molecule has 0 aliphatic rings. The summed E-state index contributed by atoms with van der Waals surface area (Å²) in [5.41, 5.74) is 7.55. The van der Waals surface area contributed by atoms with Crippen molar-refractivity contribution in [3.63, 3.8) is 0 Å². The molecule has 0 saturated heterocycles. The highest BCUT2D eigenvalue weighted by molar-refractivity contribution is 7.99. The quantitative estimate of drug-likeness (QED) is 0.804. The molecule has 0 aromatic carbocycles. The minimum atomic E-state index is 0.509. The van der Waals surface area contributed by atoms with E-state index >= 15 is 0 Å². The Morgan fingerprint density at radius 3 is 2.44 bits per heavy atom. The van der Waals surface area contributed by atoms with Gasteiger partial charge >= 0.3 is 0 Å². The molecular weight excluding hydrogens is 220 g/mol. The van der Waals surface area contributed by atoms with Gasteiger partial charge in [0, 0.05) is 22.5 Å². The lowest BCUT2D eigenvalue weighted by atomic mass is 10.4. The van der Waals surface area contributed by atoms with Crippen molar-refractivity contribution in [3.8, 4) is 0 Å². The zero-order chi connectivity index (χ0) is 11.5. The average molecular weight is 232 g/mol. The normalized spacial score (nSPS) is 10.4. The van der Waals surface area contributed by atoms with E-state index in [4.69, 9.17) is 5.73 Å². The van der Waals surface area contributed by atoms with E-state index in [9.17, 15) is 0 Å². The Morgan fingerprint density at radius 2 is 1.81 bits per heavy atom. The summed E-state index contributed by atoms with van der Waals surface area (Å²) in [5.74, 6) is 0.509. The summed E-state index contributed by atoms with van der Waals surface area (Å²) in [6, 6.07) is 5.65. The molecule has 5 heteroatoms. The van der Waals surface area contributed by atoms with Gasteiger partial charge in [-0.1, -0.05) is 0 Å². The molecule has 0 bridgehead atoms. The maximum atomic E-state index is 5.61. The van der Waals surface area contributed by atoms with Crippen LogP contribution in [0.4, 0.5) is 5.82 Å². The summed E-state index contributed by atoms with van der Waals surface area (Å²) in [6.07, 6.45) is 1.68. The smallest absolute Gasteiger partial charge is 0.192 e. The van der Waals surface area contributed by atoms with Gasteiger partial charge in [-0.25, -0.2) is 15.0 Å². The van der Waals surface area contributed by atoms with Gasteiger partial charge < -0.3 is 5.73 Å². The van der Waals surface area contributed by atoms with Gasteiger partial charge in [0.25, 0.3) is 0 Å². The summed E-state index contributed by atoms with van der Waals surface area (Å²) in [4.78, 5) is 13.6. The third-order valence-electron chi connectivity index (χ3n) is 1.92. The summed E-state index contributed by atoms with van der Waals surface area (Å²) in [5, 5.41) is 0.739. The van der Waals surface area contributed by atoms with Crippen LogP contribution in [0.25, 0.3) is 0 Å². The molecule has 0 atom stereocenters. The summed E-state index contributed by atoms with van der Waals surface area (Å²) in [6.45, 7) is 3.92.